The van der Waals surface area contributed by atoms with Crippen LogP contribution in [0.3, 0.4) is 0 Å². The number of imidazole rings is 1. The molecule has 5 heterocycles. The maximum absolute atomic E-state index is 14.4. The molecule has 2 amide bonds. The lowest BCUT2D eigenvalue weighted by Crippen LogP contribution is -2.50. The maximum Gasteiger partial charge on any atom is 0.254 e. The molecular weight excluding hydrogens is 575 g/mol. The fourth-order valence-electron chi connectivity index (χ4n) is 6.94. The Morgan fingerprint density at radius 1 is 1.07 bits per heavy atom. The lowest BCUT2D eigenvalue weighted by molar-refractivity contribution is -0.133. The van der Waals surface area contributed by atoms with Crippen molar-refractivity contribution in [1.29, 1.82) is 0 Å². The number of ether oxygens (including phenoxy) is 1. The second-order valence-corrected chi connectivity index (χ2v) is 12.4. The van der Waals surface area contributed by atoms with Crippen molar-refractivity contribution in [2.75, 3.05) is 33.3 Å². The van der Waals surface area contributed by atoms with Gasteiger partial charge in [-0.2, -0.15) is 5.10 Å². The zero-order chi connectivity index (χ0) is 31.6. The molecule has 2 fully saturated rings. The number of nitrogens with two attached hydrogens (primary N) is 1. The molecule has 2 saturated heterocycles. The number of methoxy groups -OCH3 is 1. The Bertz CT molecular complexity index is 1940. The molecule has 0 radical (unpaired) electrons. The minimum atomic E-state index is -1.16. The SMILES string of the molecule is COc1cc(C(=O)N2C[C@H](N)C[C@@H](F)C2)cc2nc(-c3cc4cccc(C5CN(C(C)=O)C5)c4n3C)n(Cc3cnn(C)c3)c12. The number of halogens is 1. The molecule has 5 aromatic rings. The summed E-state index contributed by atoms with van der Waals surface area (Å²) in [5, 5.41) is 5.45. The van der Waals surface area contributed by atoms with Crippen molar-refractivity contribution in [3.05, 3.63) is 65.5 Å². The van der Waals surface area contributed by atoms with Gasteiger partial charge < -0.3 is 29.4 Å². The average molecular weight is 613 g/mol. The number of alkyl halides is 1. The van der Waals surface area contributed by atoms with Crippen LogP contribution in [0.5, 0.6) is 5.75 Å². The highest BCUT2D eigenvalue weighted by molar-refractivity contribution is 6.00. The van der Waals surface area contributed by atoms with E-state index in [9.17, 15) is 14.0 Å². The number of piperidine rings is 1. The van der Waals surface area contributed by atoms with Gasteiger partial charge in [0.15, 0.2) is 5.82 Å². The predicted molar refractivity (Wildman–Crippen MR) is 169 cm³/mol. The summed E-state index contributed by atoms with van der Waals surface area (Å²) in [5.41, 5.74) is 11.9. The van der Waals surface area contributed by atoms with E-state index in [-0.39, 0.29) is 30.7 Å². The molecule has 2 N–H and O–H groups in total. The molecule has 2 aliphatic heterocycles. The lowest BCUT2D eigenvalue weighted by atomic mass is 9.90. The lowest BCUT2D eigenvalue weighted by Gasteiger charge is -2.39. The fourth-order valence-corrected chi connectivity index (χ4v) is 6.94. The van der Waals surface area contributed by atoms with Crippen LogP contribution in [0.15, 0.2) is 48.8 Å². The molecule has 0 unspecified atom stereocenters. The quantitative estimate of drug-likeness (QED) is 0.314. The highest BCUT2D eigenvalue weighted by atomic mass is 19.1. The monoisotopic (exact) mass is 612 g/mol. The van der Waals surface area contributed by atoms with Gasteiger partial charge in [-0.05, 0) is 30.2 Å². The van der Waals surface area contributed by atoms with Crippen molar-refractivity contribution < 1.29 is 18.7 Å². The second kappa shape index (κ2) is 11.0. The summed E-state index contributed by atoms with van der Waals surface area (Å²) in [7, 11) is 5.49. The van der Waals surface area contributed by atoms with E-state index < -0.39 is 12.2 Å². The number of hydrogen-bond donors (Lipinski definition) is 1. The van der Waals surface area contributed by atoms with E-state index in [0.29, 0.717) is 48.8 Å². The first-order valence-electron chi connectivity index (χ1n) is 15.2. The molecule has 12 heteroatoms. The molecule has 2 aliphatic rings. The highest BCUT2D eigenvalue weighted by Gasteiger charge is 2.33. The van der Waals surface area contributed by atoms with Crippen LogP contribution in [-0.2, 0) is 25.4 Å². The minimum Gasteiger partial charge on any atom is -0.494 e. The Morgan fingerprint density at radius 2 is 1.87 bits per heavy atom. The molecule has 2 aromatic carbocycles. The van der Waals surface area contributed by atoms with E-state index in [1.165, 1.54) is 10.5 Å². The summed E-state index contributed by atoms with van der Waals surface area (Å²) >= 11 is 0. The summed E-state index contributed by atoms with van der Waals surface area (Å²) in [6, 6.07) is 11.5. The standard InChI is InChI=1S/C33H37FN8O3/c1-19(43)40-15-23(16-40)26-7-5-6-21-9-28(39(3)30(21)26)32-37-27-8-22(33(44)41-17-24(34)11-25(35)18-41)10-29(45-4)31(27)42(32)14-20-12-36-38(2)13-20/h5-10,12-13,23-25H,11,14-18,35H2,1-4H3/t24-,25-/m1/s1. The number of nitrogens with zero attached hydrogens (tertiary/aromatic N) is 7. The van der Waals surface area contributed by atoms with E-state index in [0.717, 1.165) is 27.7 Å². The van der Waals surface area contributed by atoms with Crippen LogP contribution < -0.4 is 10.5 Å². The first kappa shape index (κ1) is 29.0. The topological polar surface area (TPSA) is 116 Å². The summed E-state index contributed by atoms with van der Waals surface area (Å²) in [5.74, 6) is 1.26. The molecule has 0 spiro atoms. The molecule has 11 nitrogen and oxygen atoms in total. The number of hydrogen-bond acceptors (Lipinski definition) is 6. The second-order valence-electron chi connectivity index (χ2n) is 12.4. The number of carbonyl (C=O) groups is 2. The van der Waals surface area contributed by atoms with Gasteiger partial charge in [0.25, 0.3) is 5.91 Å². The Hall–Kier alpha value is -4.71. The van der Waals surface area contributed by atoms with Crippen LogP contribution in [0.2, 0.25) is 0 Å². The van der Waals surface area contributed by atoms with Crippen molar-refractivity contribution in [3.8, 4) is 17.3 Å². The Balaban J connectivity index is 1.37. The first-order valence-corrected chi connectivity index (χ1v) is 15.2. The van der Waals surface area contributed by atoms with Gasteiger partial charge in [-0.1, -0.05) is 18.2 Å². The van der Waals surface area contributed by atoms with Crippen molar-refractivity contribution >= 4 is 33.8 Å². The van der Waals surface area contributed by atoms with Gasteiger partial charge >= 0.3 is 0 Å². The predicted octanol–water partition coefficient (Wildman–Crippen LogP) is 3.44. The number of rotatable bonds is 6. The third kappa shape index (κ3) is 5.02. The maximum atomic E-state index is 14.4. The van der Waals surface area contributed by atoms with Crippen molar-refractivity contribution in [3.63, 3.8) is 0 Å². The molecule has 0 aliphatic carbocycles. The minimum absolute atomic E-state index is 0.0109. The van der Waals surface area contributed by atoms with E-state index in [1.807, 2.05) is 31.4 Å². The van der Waals surface area contributed by atoms with E-state index in [2.05, 4.69) is 38.5 Å². The summed E-state index contributed by atoms with van der Waals surface area (Å²) in [6.45, 7) is 3.79. The Kier molecular flexibility index (Phi) is 7.11. The van der Waals surface area contributed by atoms with Crippen LogP contribution in [0.25, 0.3) is 33.5 Å². The van der Waals surface area contributed by atoms with E-state index in [4.69, 9.17) is 15.5 Å². The van der Waals surface area contributed by atoms with Crippen LogP contribution >= 0.6 is 0 Å². The molecule has 3 aromatic heterocycles. The average Bonchev–Trinajstić information content (AvgIpc) is 3.65. The van der Waals surface area contributed by atoms with E-state index in [1.54, 1.807) is 30.8 Å². The number of benzene rings is 2. The third-order valence-corrected chi connectivity index (χ3v) is 9.18. The number of fused-ring (bicyclic) bond motifs is 2. The summed E-state index contributed by atoms with van der Waals surface area (Å²) in [6.07, 6.45) is 2.88. The van der Waals surface area contributed by atoms with Crippen LogP contribution in [0, 0.1) is 0 Å². The molecular formula is C33H37FN8O3. The molecule has 45 heavy (non-hydrogen) atoms. The molecule has 234 valence electrons. The van der Waals surface area contributed by atoms with Crippen LogP contribution in [-0.4, -0.2) is 91.0 Å². The van der Waals surface area contributed by atoms with Gasteiger partial charge in [0.05, 0.1) is 43.1 Å². The summed E-state index contributed by atoms with van der Waals surface area (Å²) < 4.78 is 26.3. The third-order valence-electron chi connectivity index (χ3n) is 9.18. The number of likely N-dealkylation sites (tertiary alicyclic amines) is 2. The van der Waals surface area contributed by atoms with Gasteiger partial charge in [-0.25, -0.2) is 9.37 Å². The number of carbonyl (C=O) groups excluding carboxylic acids is 2. The molecule has 0 bridgehead atoms. The van der Waals surface area contributed by atoms with Crippen molar-refractivity contribution in [2.45, 2.75) is 38.0 Å². The van der Waals surface area contributed by atoms with Gasteiger partial charge in [-0.3, -0.25) is 14.3 Å². The first-order chi connectivity index (χ1) is 21.6. The van der Waals surface area contributed by atoms with Crippen molar-refractivity contribution in [2.24, 2.45) is 19.8 Å². The Labute approximate surface area is 259 Å². The number of para-hydroxylation sites is 1. The largest absolute Gasteiger partial charge is 0.494 e. The van der Waals surface area contributed by atoms with Gasteiger partial charge in [0, 0.05) is 75.3 Å². The summed E-state index contributed by atoms with van der Waals surface area (Å²) in [4.78, 5) is 33.9. The van der Waals surface area contributed by atoms with Gasteiger partial charge in [-0.15, -0.1) is 0 Å². The highest BCUT2D eigenvalue weighted by Crippen LogP contribution is 2.38. The molecule has 7 rings (SSSR count). The van der Waals surface area contributed by atoms with Gasteiger partial charge in [0.1, 0.15) is 17.4 Å². The van der Waals surface area contributed by atoms with Crippen LogP contribution in [0.4, 0.5) is 4.39 Å². The number of aryl methyl sites for hydroxylation is 2. The van der Waals surface area contributed by atoms with Crippen molar-refractivity contribution in [1.82, 2.24) is 33.7 Å². The number of amides is 2. The smallest absolute Gasteiger partial charge is 0.254 e. The van der Waals surface area contributed by atoms with Crippen LogP contribution in [0.1, 0.15) is 40.7 Å². The fraction of sp³-hybridized carbons (Fsp3) is 0.394. The Morgan fingerprint density at radius 3 is 2.56 bits per heavy atom. The molecule has 0 saturated carbocycles. The van der Waals surface area contributed by atoms with E-state index >= 15 is 0 Å². The number of aromatic nitrogens is 5. The normalized spacial score (nSPS) is 19.0. The molecule has 2 atom stereocenters. The zero-order valence-corrected chi connectivity index (χ0v) is 25.9. The van der Waals surface area contributed by atoms with Gasteiger partial charge in [0.2, 0.25) is 5.91 Å². The zero-order valence-electron chi connectivity index (χ0n) is 25.9.